The number of piperazine rings is 1. The Morgan fingerprint density at radius 2 is 2.18 bits per heavy atom. The van der Waals surface area contributed by atoms with Crippen LogP contribution < -0.4 is 5.32 Å². The molecule has 1 saturated heterocycles. The van der Waals surface area contributed by atoms with E-state index in [1.807, 2.05) is 24.0 Å². The minimum atomic E-state index is 0.163. The van der Waals surface area contributed by atoms with Crippen LogP contribution in [-0.4, -0.2) is 36.5 Å². The lowest BCUT2D eigenvalue weighted by Gasteiger charge is -2.34. The molecule has 1 aliphatic heterocycles. The molecule has 0 spiro atoms. The van der Waals surface area contributed by atoms with Crippen LogP contribution in [0.2, 0.25) is 0 Å². The Balaban J connectivity index is 2.24. The van der Waals surface area contributed by atoms with E-state index in [9.17, 15) is 4.79 Å². The molecule has 0 radical (unpaired) electrons. The third-order valence-corrected chi connectivity index (χ3v) is 3.37. The molecule has 1 aromatic rings. The van der Waals surface area contributed by atoms with Gasteiger partial charge in [-0.3, -0.25) is 4.79 Å². The van der Waals surface area contributed by atoms with Crippen LogP contribution >= 0.6 is 0 Å². The van der Waals surface area contributed by atoms with Crippen molar-refractivity contribution in [2.75, 3.05) is 19.6 Å². The highest BCUT2D eigenvalue weighted by Gasteiger charge is 2.24. The van der Waals surface area contributed by atoms with Crippen LogP contribution in [0.4, 0.5) is 0 Å². The Labute approximate surface area is 103 Å². The highest BCUT2D eigenvalue weighted by molar-refractivity contribution is 5.96. The second-order valence-electron chi connectivity index (χ2n) is 4.87. The summed E-state index contributed by atoms with van der Waals surface area (Å²) in [7, 11) is 0. The summed E-state index contributed by atoms with van der Waals surface area (Å²) < 4.78 is 0. The van der Waals surface area contributed by atoms with Crippen molar-refractivity contribution in [3.8, 4) is 0 Å². The number of benzene rings is 1. The molecule has 2 rings (SSSR count). The zero-order valence-electron chi connectivity index (χ0n) is 10.8. The molecule has 1 N–H and O–H groups in total. The van der Waals surface area contributed by atoms with Gasteiger partial charge in [0.15, 0.2) is 0 Å². The van der Waals surface area contributed by atoms with Gasteiger partial charge < -0.3 is 10.2 Å². The molecular weight excluding hydrogens is 212 g/mol. The highest BCUT2D eigenvalue weighted by Crippen LogP contribution is 2.15. The van der Waals surface area contributed by atoms with Crippen LogP contribution in [0.5, 0.6) is 0 Å². The van der Waals surface area contributed by atoms with Crippen molar-refractivity contribution in [3.05, 3.63) is 34.9 Å². The molecule has 1 unspecified atom stereocenters. The largest absolute Gasteiger partial charge is 0.333 e. The average Bonchev–Trinajstić information content (AvgIpc) is 2.29. The lowest BCUT2D eigenvalue weighted by molar-refractivity contribution is 0.0655. The lowest BCUT2D eigenvalue weighted by atomic mass is 10.0. The molecule has 1 aromatic carbocycles. The van der Waals surface area contributed by atoms with Crippen molar-refractivity contribution in [2.24, 2.45) is 0 Å². The SMILES string of the molecule is Cc1ccc(C(=O)N2CCNCC2C)c(C)c1. The van der Waals surface area contributed by atoms with Crippen molar-refractivity contribution in [1.82, 2.24) is 10.2 Å². The van der Waals surface area contributed by atoms with E-state index in [0.717, 1.165) is 30.8 Å². The number of aryl methyl sites for hydroxylation is 2. The van der Waals surface area contributed by atoms with Crippen LogP contribution in [-0.2, 0) is 0 Å². The Hall–Kier alpha value is -1.35. The van der Waals surface area contributed by atoms with Gasteiger partial charge in [-0.1, -0.05) is 17.7 Å². The smallest absolute Gasteiger partial charge is 0.254 e. The fourth-order valence-electron chi connectivity index (χ4n) is 2.35. The fraction of sp³-hybridized carbons (Fsp3) is 0.500. The summed E-state index contributed by atoms with van der Waals surface area (Å²) in [5.41, 5.74) is 3.11. The summed E-state index contributed by atoms with van der Waals surface area (Å²) in [4.78, 5) is 14.4. The topological polar surface area (TPSA) is 32.3 Å². The molecule has 17 heavy (non-hydrogen) atoms. The van der Waals surface area contributed by atoms with Crippen LogP contribution in [0.15, 0.2) is 18.2 Å². The Bertz CT molecular complexity index is 428. The Morgan fingerprint density at radius 3 is 2.82 bits per heavy atom. The van der Waals surface area contributed by atoms with Crippen molar-refractivity contribution in [2.45, 2.75) is 26.8 Å². The van der Waals surface area contributed by atoms with Crippen molar-refractivity contribution < 1.29 is 4.79 Å². The van der Waals surface area contributed by atoms with Crippen LogP contribution in [0.25, 0.3) is 0 Å². The summed E-state index contributed by atoms with van der Waals surface area (Å²) >= 11 is 0. The first kappa shape index (κ1) is 12.1. The van der Waals surface area contributed by atoms with E-state index in [1.165, 1.54) is 5.56 Å². The molecule has 3 heteroatoms. The number of amides is 1. The van der Waals surface area contributed by atoms with E-state index in [1.54, 1.807) is 0 Å². The average molecular weight is 232 g/mol. The van der Waals surface area contributed by atoms with E-state index in [-0.39, 0.29) is 11.9 Å². The van der Waals surface area contributed by atoms with E-state index >= 15 is 0 Å². The molecule has 3 nitrogen and oxygen atoms in total. The molecule has 1 fully saturated rings. The molecule has 0 aliphatic carbocycles. The van der Waals surface area contributed by atoms with Gasteiger partial charge in [0.05, 0.1) is 0 Å². The quantitative estimate of drug-likeness (QED) is 0.800. The maximum Gasteiger partial charge on any atom is 0.254 e. The van der Waals surface area contributed by atoms with Crippen LogP contribution in [0, 0.1) is 13.8 Å². The Morgan fingerprint density at radius 1 is 1.41 bits per heavy atom. The van der Waals surface area contributed by atoms with Gasteiger partial charge in [-0.25, -0.2) is 0 Å². The zero-order valence-corrected chi connectivity index (χ0v) is 10.8. The maximum atomic E-state index is 12.4. The Kier molecular flexibility index (Phi) is 3.48. The van der Waals surface area contributed by atoms with Crippen LogP contribution in [0.1, 0.15) is 28.4 Å². The normalized spacial score (nSPS) is 20.4. The van der Waals surface area contributed by atoms with Gasteiger partial charge in [0.2, 0.25) is 0 Å². The van der Waals surface area contributed by atoms with Gasteiger partial charge in [-0.2, -0.15) is 0 Å². The summed E-state index contributed by atoms with van der Waals surface area (Å²) in [6.45, 7) is 8.72. The molecule has 1 amide bonds. The molecular formula is C14H20N2O. The number of carbonyl (C=O) groups is 1. The second kappa shape index (κ2) is 4.88. The standard InChI is InChI=1S/C14H20N2O/c1-10-4-5-13(11(2)8-10)14(17)16-7-6-15-9-12(16)3/h4-5,8,12,15H,6-7,9H2,1-3H3. The monoisotopic (exact) mass is 232 g/mol. The summed E-state index contributed by atoms with van der Waals surface area (Å²) in [5, 5.41) is 3.30. The minimum absolute atomic E-state index is 0.163. The summed E-state index contributed by atoms with van der Waals surface area (Å²) in [6, 6.07) is 6.30. The summed E-state index contributed by atoms with van der Waals surface area (Å²) in [5.74, 6) is 0.163. The maximum absolute atomic E-state index is 12.4. The predicted octanol–water partition coefficient (Wildman–Crippen LogP) is 1.74. The fourth-order valence-corrected chi connectivity index (χ4v) is 2.35. The van der Waals surface area contributed by atoms with Gasteiger partial charge >= 0.3 is 0 Å². The first-order valence-corrected chi connectivity index (χ1v) is 6.18. The molecule has 1 atom stereocenters. The number of nitrogens with zero attached hydrogens (tertiary/aromatic N) is 1. The van der Waals surface area contributed by atoms with E-state index in [0.29, 0.717) is 0 Å². The number of nitrogens with one attached hydrogen (secondary N) is 1. The van der Waals surface area contributed by atoms with Crippen LogP contribution in [0.3, 0.4) is 0 Å². The molecule has 0 bridgehead atoms. The first-order valence-electron chi connectivity index (χ1n) is 6.18. The zero-order chi connectivity index (χ0) is 12.4. The summed E-state index contributed by atoms with van der Waals surface area (Å²) in [6.07, 6.45) is 0. The van der Waals surface area contributed by atoms with Gasteiger partial charge in [0.25, 0.3) is 5.91 Å². The third-order valence-electron chi connectivity index (χ3n) is 3.37. The number of hydrogen-bond donors (Lipinski definition) is 1. The second-order valence-corrected chi connectivity index (χ2v) is 4.87. The first-order chi connectivity index (χ1) is 8.09. The predicted molar refractivity (Wildman–Crippen MR) is 69.3 cm³/mol. The number of hydrogen-bond acceptors (Lipinski definition) is 2. The highest BCUT2D eigenvalue weighted by atomic mass is 16.2. The molecule has 92 valence electrons. The molecule has 0 saturated carbocycles. The minimum Gasteiger partial charge on any atom is -0.333 e. The van der Waals surface area contributed by atoms with E-state index < -0.39 is 0 Å². The van der Waals surface area contributed by atoms with Gasteiger partial charge in [0.1, 0.15) is 0 Å². The van der Waals surface area contributed by atoms with E-state index in [4.69, 9.17) is 0 Å². The van der Waals surface area contributed by atoms with Crippen molar-refractivity contribution in [1.29, 1.82) is 0 Å². The van der Waals surface area contributed by atoms with Gasteiger partial charge in [0, 0.05) is 31.2 Å². The number of carbonyl (C=O) groups excluding carboxylic acids is 1. The van der Waals surface area contributed by atoms with Gasteiger partial charge in [-0.05, 0) is 32.4 Å². The lowest BCUT2D eigenvalue weighted by Crippen LogP contribution is -2.52. The molecule has 0 aromatic heterocycles. The third kappa shape index (κ3) is 2.50. The van der Waals surface area contributed by atoms with Crippen molar-refractivity contribution >= 4 is 5.91 Å². The van der Waals surface area contributed by atoms with Gasteiger partial charge in [-0.15, -0.1) is 0 Å². The molecule has 1 aliphatic rings. The van der Waals surface area contributed by atoms with Crippen molar-refractivity contribution in [3.63, 3.8) is 0 Å². The molecule has 1 heterocycles. The number of rotatable bonds is 1. The van der Waals surface area contributed by atoms with E-state index in [2.05, 4.69) is 25.2 Å².